The van der Waals surface area contributed by atoms with Crippen molar-refractivity contribution < 1.29 is 5.11 Å². The van der Waals surface area contributed by atoms with Crippen LogP contribution < -0.4 is 4.90 Å². The van der Waals surface area contributed by atoms with Crippen molar-refractivity contribution in [2.45, 2.75) is 18.9 Å². The van der Waals surface area contributed by atoms with Crippen LogP contribution in [0.1, 0.15) is 18.9 Å². The summed E-state index contributed by atoms with van der Waals surface area (Å²) in [5, 5.41) is 18.4. The lowest BCUT2D eigenvalue weighted by Crippen LogP contribution is -2.61. The Labute approximate surface area is 88.8 Å². The first-order valence-electron chi connectivity index (χ1n) is 5.00. The smallest absolute Gasteiger partial charge is 0.128 e. The molecule has 1 aromatic rings. The highest BCUT2D eigenvalue weighted by molar-refractivity contribution is 5.45. The van der Waals surface area contributed by atoms with Gasteiger partial charge in [0.2, 0.25) is 0 Å². The summed E-state index contributed by atoms with van der Waals surface area (Å²) in [5.41, 5.74) is 0.0142. The molecule has 0 aromatic carbocycles. The van der Waals surface area contributed by atoms with Crippen molar-refractivity contribution in [3.05, 3.63) is 23.9 Å². The first-order chi connectivity index (χ1) is 7.17. The number of aliphatic hydroxyl groups is 1. The van der Waals surface area contributed by atoms with Gasteiger partial charge in [0, 0.05) is 19.3 Å². The van der Waals surface area contributed by atoms with E-state index in [9.17, 15) is 5.11 Å². The van der Waals surface area contributed by atoms with Crippen LogP contribution in [0.4, 0.5) is 5.82 Å². The van der Waals surface area contributed by atoms with Crippen LogP contribution in [-0.4, -0.2) is 28.8 Å². The maximum absolute atomic E-state index is 9.83. The van der Waals surface area contributed by atoms with E-state index in [4.69, 9.17) is 5.26 Å². The third-order valence-electron chi connectivity index (χ3n) is 2.83. The summed E-state index contributed by atoms with van der Waals surface area (Å²) < 4.78 is 0. The lowest BCUT2D eigenvalue weighted by Gasteiger charge is -2.46. The van der Waals surface area contributed by atoms with Crippen molar-refractivity contribution in [2.24, 2.45) is 0 Å². The number of hydrogen-bond donors (Lipinski definition) is 1. The molecule has 0 atom stereocenters. The summed E-state index contributed by atoms with van der Waals surface area (Å²) in [4.78, 5) is 6.17. The van der Waals surface area contributed by atoms with Gasteiger partial charge in [-0.25, -0.2) is 4.98 Å². The van der Waals surface area contributed by atoms with Crippen LogP contribution in [0.5, 0.6) is 0 Å². The molecular weight excluding hydrogens is 190 g/mol. The molecule has 78 valence electrons. The molecule has 2 heterocycles. The molecule has 0 radical (unpaired) electrons. The topological polar surface area (TPSA) is 60.1 Å². The summed E-state index contributed by atoms with van der Waals surface area (Å²) >= 11 is 0. The molecular formula is C11H13N3O. The van der Waals surface area contributed by atoms with Crippen molar-refractivity contribution in [3.63, 3.8) is 0 Å². The number of pyridine rings is 1. The number of rotatable bonds is 2. The molecule has 2 rings (SSSR count). The Balaban J connectivity index is 2.05. The molecule has 1 fully saturated rings. The Morgan fingerprint density at radius 2 is 2.33 bits per heavy atom. The molecule has 0 amide bonds. The van der Waals surface area contributed by atoms with Gasteiger partial charge < -0.3 is 10.0 Å². The quantitative estimate of drug-likeness (QED) is 0.776. The van der Waals surface area contributed by atoms with E-state index in [0.29, 0.717) is 18.7 Å². The van der Waals surface area contributed by atoms with Gasteiger partial charge in [-0.05, 0) is 18.6 Å². The third-order valence-corrected chi connectivity index (χ3v) is 2.83. The van der Waals surface area contributed by atoms with Crippen LogP contribution in [-0.2, 0) is 0 Å². The summed E-state index contributed by atoms with van der Waals surface area (Å²) in [6, 6.07) is 5.58. The van der Waals surface area contributed by atoms with Crippen molar-refractivity contribution >= 4 is 5.82 Å². The predicted octanol–water partition coefficient (Wildman–Crippen LogP) is 0.914. The van der Waals surface area contributed by atoms with Gasteiger partial charge in [-0.3, -0.25) is 0 Å². The van der Waals surface area contributed by atoms with Gasteiger partial charge in [0.15, 0.2) is 0 Å². The van der Waals surface area contributed by atoms with Crippen LogP contribution in [0.3, 0.4) is 0 Å². The number of aromatic nitrogens is 1. The maximum Gasteiger partial charge on any atom is 0.128 e. The Bertz CT molecular complexity index is 387. The molecule has 1 N–H and O–H groups in total. The minimum absolute atomic E-state index is 0.546. The number of hydrogen-bond acceptors (Lipinski definition) is 4. The van der Waals surface area contributed by atoms with E-state index < -0.39 is 5.60 Å². The molecule has 4 heteroatoms. The normalized spacial score (nSPS) is 18.1. The van der Waals surface area contributed by atoms with Crippen molar-refractivity contribution in [3.8, 4) is 6.07 Å². The van der Waals surface area contributed by atoms with E-state index in [0.717, 1.165) is 12.2 Å². The van der Waals surface area contributed by atoms with Gasteiger partial charge in [-0.15, -0.1) is 0 Å². The summed E-state index contributed by atoms with van der Waals surface area (Å²) in [6.45, 7) is 3.23. The van der Waals surface area contributed by atoms with Gasteiger partial charge in [-0.1, -0.05) is 6.92 Å². The zero-order chi connectivity index (χ0) is 10.9. The highest BCUT2D eigenvalue weighted by atomic mass is 16.3. The maximum atomic E-state index is 9.83. The van der Waals surface area contributed by atoms with Crippen LogP contribution >= 0.6 is 0 Å². The fourth-order valence-corrected chi connectivity index (χ4v) is 1.69. The number of nitrogens with zero attached hydrogens (tertiary/aromatic N) is 3. The average Bonchev–Trinajstić information content (AvgIpc) is 2.25. The van der Waals surface area contributed by atoms with Crippen LogP contribution in [0, 0.1) is 11.3 Å². The van der Waals surface area contributed by atoms with Crippen molar-refractivity contribution in [2.75, 3.05) is 18.0 Å². The molecule has 0 aliphatic carbocycles. The van der Waals surface area contributed by atoms with E-state index >= 15 is 0 Å². The van der Waals surface area contributed by atoms with Crippen molar-refractivity contribution in [1.29, 1.82) is 5.26 Å². The van der Waals surface area contributed by atoms with E-state index in [1.165, 1.54) is 0 Å². The number of nitriles is 1. The van der Waals surface area contributed by atoms with E-state index in [-0.39, 0.29) is 0 Å². The standard InChI is InChI=1S/C11H13N3O/c1-2-11(15)7-14(8-11)10-4-3-9(5-12)6-13-10/h3-4,6,15H,2,7-8H2,1H3. The fraction of sp³-hybridized carbons (Fsp3) is 0.455. The molecule has 0 saturated carbocycles. The largest absolute Gasteiger partial charge is 0.386 e. The second-order valence-electron chi connectivity index (χ2n) is 3.95. The SMILES string of the molecule is CCC1(O)CN(c2ccc(C#N)cn2)C1. The second-order valence-corrected chi connectivity index (χ2v) is 3.95. The van der Waals surface area contributed by atoms with Crippen LogP contribution in [0.15, 0.2) is 18.3 Å². The van der Waals surface area contributed by atoms with Crippen LogP contribution in [0.25, 0.3) is 0 Å². The molecule has 0 unspecified atom stereocenters. The molecule has 0 bridgehead atoms. The van der Waals surface area contributed by atoms with Gasteiger partial charge in [0.1, 0.15) is 11.9 Å². The average molecular weight is 203 g/mol. The summed E-state index contributed by atoms with van der Waals surface area (Å²) in [6.07, 6.45) is 2.32. The molecule has 4 nitrogen and oxygen atoms in total. The van der Waals surface area contributed by atoms with Gasteiger partial charge >= 0.3 is 0 Å². The van der Waals surface area contributed by atoms with E-state index in [2.05, 4.69) is 4.98 Å². The van der Waals surface area contributed by atoms with Crippen molar-refractivity contribution in [1.82, 2.24) is 4.98 Å². The Hall–Kier alpha value is -1.60. The minimum atomic E-state index is -0.546. The van der Waals surface area contributed by atoms with Gasteiger partial charge in [-0.2, -0.15) is 5.26 Å². The fourth-order valence-electron chi connectivity index (χ4n) is 1.69. The van der Waals surface area contributed by atoms with E-state index in [1.54, 1.807) is 12.3 Å². The first-order valence-corrected chi connectivity index (χ1v) is 5.00. The highest BCUT2D eigenvalue weighted by Gasteiger charge is 2.39. The number of β-amino-alcohol motifs (C(OH)–C–C–N with tert-alkyl or cyclic N) is 1. The van der Waals surface area contributed by atoms with E-state index in [1.807, 2.05) is 24.0 Å². The second kappa shape index (κ2) is 3.52. The predicted molar refractivity (Wildman–Crippen MR) is 56.4 cm³/mol. The molecule has 0 spiro atoms. The number of anilines is 1. The highest BCUT2D eigenvalue weighted by Crippen LogP contribution is 2.28. The molecule has 1 aliphatic heterocycles. The summed E-state index contributed by atoms with van der Waals surface area (Å²) in [7, 11) is 0. The molecule has 15 heavy (non-hydrogen) atoms. The Morgan fingerprint density at radius 3 is 2.80 bits per heavy atom. The lowest BCUT2D eigenvalue weighted by molar-refractivity contribution is 0.00807. The van der Waals surface area contributed by atoms with Crippen LogP contribution in [0.2, 0.25) is 0 Å². The minimum Gasteiger partial charge on any atom is -0.386 e. The Morgan fingerprint density at radius 1 is 1.60 bits per heavy atom. The monoisotopic (exact) mass is 203 g/mol. The van der Waals surface area contributed by atoms with Gasteiger partial charge in [0.25, 0.3) is 0 Å². The molecule has 1 aliphatic rings. The molecule has 1 saturated heterocycles. The third kappa shape index (κ3) is 1.79. The molecule has 1 aromatic heterocycles. The zero-order valence-corrected chi connectivity index (χ0v) is 8.64. The summed E-state index contributed by atoms with van der Waals surface area (Å²) in [5.74, 6) is 0.826. The lowest BCUT2D eigenvalue weighted by atomic mass is 9.91. The van der Waals surface area contributed by atoms with Gasteiger partial charge in [0.05, 0.1) is 11.2 Å². The zero-order valence-electron chi connectivity index (χ0n) is 8.64. The first kappa shape index (κ1) is 9.94. The Kier molecular flexibility index (Phi) is 2.33.